The van der Waals surface area contributed by atoms with Crippen LogP contribution in [0.25, 0.3) is 11.4 Å². The van der Waals surface area contributed by atoms with E-state index in [4.69, 9.17) is 5.73 Å². The van der Waals surface area contributed by atoms with Crippen molar-refractivity contribution in [2.45, 2.75) is 38.0 Å². The minimum atomic E-state index is -1.01. The van der Waals surface area contributed by atoms with Gasteiger partial charge >= 0.3 is 0 Å². The topological polar surface area (TPSA) is 64.1 Å². The van der Waals surface area contributed by atoms with Gasteiger partial charge in [0.05, 0.1) is 0 Å². The summed E-state index contributed by atoms with van der Waals surface area (Å²) in [5.41, 5.74) is 9.76. The van der Waals surface area contributed by atoms with Crippen LogP contribution < -0.4 is 5.73 Å². The molecule has 1 unspecified atom stereocenters. The van der Waals surface area contributed by atoms with E-state index in [0.29, 0.717) is 17.7 Å². The minimum Gasteiger partial charge on any atom is -0.373 e. The molecule has 3 heterocycles. The van der Waals surface area contributed by atoms with Crippen LogP contribution >= 0.6 is 15.9 Å². The van der Waals surface area contributed by atoms with E-state index >= 15 is 0 Å². The first-order chi connectivity index (χ1) is 9.56. The second kappa shape index (κ2) is 4.16. The van der Waals surface area contributed by atoms with Crippen molar-refractivity contribution in [3.8, 4) is 11.4 Å². The maximum absolute atomic E-state index is 9.72. The largest absolute Gasteiger partial charge is 0.373 e. The molecule has 1 saturated carbocycles. The fourth-order valence-corrected chi connectivity index (χ4v) is 3.94. The Morgan fingerprint density at radius 3 is 2.90 bits per heavy atom. The zero-order valence-corrected chi connectivity index (χ0v) is 12.8. The smallest absolute Gasteiger partial charge is 0.147 e. The van der Waals surface area contributed by atoms with E-state index in [1.54, 1.807) is 0 Å². The molecule has 4 nitrogen and oxygen atoms in total. The van der Waals surface area contributed by atoms with Gasteiger partial charge in [0.15, 0.2) is 0 Å². The van der Waals surface area contributed by atoms with Crippen molar-refractivity contribution < 1.29 is 5.11 Å². The van der Waals surface area contributed by atoms with Crippen LogP contribution in [-0.4, -0.2) is 14.7 Å². The molecule has 1 aromatic heterocycles. The quantitative estimate of drug-likeness (QED) is 0.788. The molecular formula is C15H16BrN3O. The fourth-order valence-electron chi connectivity index (χ4n) is 3.58. The molecular weight excluding hydrogens is 318 g/mol. The van der Waals surface area contributed by atoms with Crippen molar-refractivity contribution in [2.24, 2.45) is 5.73 Å². The Kier molecular flexibility index (Phi) is 2.61. The van der Waals surface area contributed by atoms with E-state index in [2.05, 4.69) is 43.7 Å². The number of imidazole rings is 1. The third-order valence-electron chi connectivity index (χ3n) is 4.64. The summed E-state index contributed by atoms with van der Waals surface area (Å²) in [6.07, 6.45) is 1.29. The highest BCUT2D eigenvalue weighted by Crippen LogP contribution is 2.53. The van der Waals surface area contributed by atoms with Crippen molar-refractivity contribution in [1.82, 2.24) is 9.55 Å². The molecule has 2 aromatic rings. The van der Waals surface area contributed by atoms with Gasteiger partial charge in [0, 0.05) is 21.8 Å². The summed E-state index contributed by atoms with van der Waals surface area (Å²) in [6, 6.07) is 6.90. The Hall–Kier alpha value is -1.17. The van der Waals surface area contributed by atoms with Crippen molar-refractivity contribution in [2.75, 3.05) is 0 Å². The van der Waals surface area contributed by atoms with E-state index in [9.17, 15) is 5.11 Å². The zero-order valence-electron chi connectivity index (χ0n) is 11.2. The number of halogens is 1. The number of hydrogen-bond acceptors (Lipinski definition) is 3. The third kappa shape index (κ3) is 1.57. The van der Waals surface area contributed by atoms with Gasteiger partial charge < -0.3 is 15.4 Å². The summed E-state index contributed by atoms with van der Waals surface area (Å²) in [4.78, 5) is 4.64. The van der Waals surface area contributed by atoms with Gasteiger partial charge in [-0.05, 0) is 43.4 Å². The fraction of sp³-hybridized carbons (Fsp3) is 0.400. The van der Waals surface area contributed by atoms with Crippen LogP contribution in [-0.2, 0) is 0 Å². The molecule has 1 atom stereocenters. The van der Waals surface area contributed by atoms with Crippen molar-refractivity contribution in [3.05, 3.63) is 39.6 Å². The molecule has 0 saturated heterocycles. The van der Waals surface area contributed by atoms with Crippen LogP contribution in [0.4, 0.5) is 0 Å². The molecule has 2 bridgehead atoms. The molecule has 20 heavy (non-hydrogen) atoms. The lowest BCUT2D eigenvalue weighted by Gasteiger charge is -2.35. The van der Waals surface area contributed by atoms with Gasteiger partial charge in [-0.2, -0.15) is 0 Å². The summed E-state index contributed by atoms with van der Waals surface area (Å²) in [5.74, 6) is 1.58. The number of benzene rings is 1. The molecule has 2 aliphatic heterocycles. The standard InChI is InChI=1S/C15H16BrN3O/c1-7-13(14(17)20)18-15-12-6-9(16)2-3-11(12)8-4-10(5-8)19(7)15/h2-3,6,8,10,14,20H,4-5,17H2,1H3. The first kappa shape index (κ1) is 12.6. The van der Waals surface area contributed by atoms with Crippen molar-refractivity contribution >= 4 is 15.9 Å². The van der Waals surface area contributed by atoms with E-state index < -0.39 is 6.23 Å². The highest BCUT2D eigenvalue weighted by Gasteiger charge is 2.40. The average Bonchev–Trinajstić information content (AvgIpc) is 2.55. The van der Waals surface area contributed by atoms with Crippen molar-refractivity contribution in [3.63, 3.8) is 0 Å². The molecule has 0 radical (unpaired) electrons. The van der Waals surface area contributed by atoms with Gasteiger partial charge in [-0.25, -0.2) is 4.98 Å². The summed E-state index contributed by atoms with van der Waals surface area (Å²) in [6.45, 7) is 2.00. The number of aromatic nitrogens is 2. The molecule has 0 spiro atoms. The average molecular weight is 334 g/mol. The normalized spacial score (nSPS) is 24.4. The van der Waals surface area contributed by atoms with E-state index in [1.165, 1.54) is 11.1 Å². The number of aliphatic hydroxyl groups excluding tert-OH is 1. The summed E-state index contributed by atoms with van der Waals surface area (Å²) >= 11 is 3.54. The predicted octanol–water partition coefficient (Wildman–Crippen LogP) is 3.00. The first-order valence-electron chi connectivity index (χ1n) is 6.88. The molecule has 1 aromatic carbocycles. The van der Waals surface area contributed by atoms with E-state index in [-0.39, 0.29) is 0 Å². The first-order valence-corrected chi connectivity index (χ1v) is 7.67. The summed E-state index contributed by atoms with van der Waals surface area (Å²) < 4.78 is 3.32. The Bertz CT molecular complexity index is 701. The Labute approximate surface area is 125 Å². The second-order valence-corrected chi connectivity index (χ2v) is 6.69. The number of nitrogens with zero attached hydrogens (tertiary/aromatic N) is 2. The van der Waals surface area contributed by atoms with Crippen molar-refractivity contribution in [1.29, 1.82) is 0 Å². The summed E-state index contributed by atoms with van der Waals surface area (Å²) in [5, 5.41) is 9.72. The molecule has 0 amide bonds. The van der Waals surface area contributed by atoms with Crippen LogP contribution in [0.2, 0.25) is 0 Å². The molecule has 1 fully saturated rings. The van der Waals surface area contributed by atoms with E-state index in [1.807, 2.05) is 6.92 Å². The highest BCUT2D eigenvalue weighted by atomic mass is 79.9. The maximum atomic E-state index is 9.72. The predicted molar refractivity (Wildman–Crippen MR) is 80.3 cm³/mol. The van der Waals surface area contributed by atoms with Gasteiger partial charge in [0.2, 0.25) is 0 Å². The molecule has 104 valence electrons. The van der Waals surface area contributed by atoms with Crippen LogP contribution in [0, 0.1) is 6.92 Å². The Balaban J connectivity index is 2.02. The molecule has 3 aliphatic rings. The Morgan fingerprint density at radius 1 is 1.45 bits per heavy atom. The van der Waals surface area contributed by atoms with E-state index in [0.717, 1.165) is 28.8 Å². The minimum absolute atomic E-state index is 0.487. The molecule has 5 heteroatoms. The van der Waals surface area contributed by atoms with Crippen LogP contribution in [0.3, 0.4) is 0 Å². The monoisotopic (exact) mass is 333 g/mol. The van der Waals surface area contributed by atoms with Gasteiger partial charge in [-0.15, -0.1) is 0 Å². The number of aliphatic hydroxyl groups is 1. The SMILES string of the molecule is Cc1c(C(N)O)nc2n1C1CC(C1)c1ccc(Br)cc1-2. The highest BCUT2D eigenvalue weighted by molar-refractivity contribution is 9.10. The lowest BCUT2D eigenvalue weighted by molar-refractivity contribution is 0.180. The van der Waals surface area contributed by atoms with Crippen LogP contribution in [0.15, 0.2) is 22.7 Å². The molecule has 3 N–H and O–H groups in total. The van der Waals surface area contributed by atoms with Crippen LogP contribution in [0.5, 0.6) is 0 Å². The number of rotatable bonds is 1. The maximum Gasteiger partial charge on any atom is 0.147 e. The van der Waals surface area contributed by atoms with Gasteiger partial charge in [0.25, 0.3) is 0 Å². The lowest BCUT2D eigenvalue weighted by Crippen LogP contribution is -2.24. The number of hydrogen-bond donors (Lipinski definition) is 2. The lowest BCUT2D eigenvalue weighted by atomic mass is 9.75. The zero-order chi connectivity index (χ0) is 14.0. The Morgan fingerprint density at radius 2 is 2.20 bits per heavy atom. The molecule has 5 rings (SSSR count). The van der Waals surface area contributed by atoms with Gasteiger partial charge in [-0.1, -0.05) is 22.0 Å². The second-order valence-electron chi connectivity index (χ2n) is 5.77. The van der Waals surface area contributed by atoms with Gasteiger partial charge in [0.1, 0.15) is 17.7 Å². The van der Waals surface area contributed by atoms with Crippen LogP contribution in [0.1, 0.15) is 48.0 Å². The molecule has 1 aliphatic carbocycles. The summed E-state index contributed by atoms with van der Waals surface area (Å²) in [7, 11) is 0. The third-order valence-corrected chi connectivity index (χ3v) is 5.13. The van der Waals surface area contributed by atoms with Gasteiger partial charge in [-0.3, -0.25) is 0 Å². The number of nitrogens with two attached hydrogens (primary N) is 1.